The quantitative estimate of drug-likeness (QED) is 0.649. The minimum absolute atomic E-state index is 0.276. The van der Waals surface area contributed by atoms with E-state index < -0.39 is 0 Å². The molecule has 0 unspecified atom stereocenters. The Hall–Kier alpha value is -2.42. The monoisotopic (exact) mass is 240 g/mol. The van der Waals surface area contributed by atoms with Gasteiger partial charge in [0.25, 0.3) is 0 Å². The van der Waals surface area contributed by atoms with E-state index in [1.807, 2.05) is 30.3 Å². The van der Waals surface area contributed by atoms with E-state index in [1.165, 1.54) is 12.3 Å². The SMILES string of the molecule is NC(=NC=Cc1ccccc1F)c1ccccc1. The highest BCUT2D eigenvalue weighted by molar-refractivity contribution is 5.97. The van der Waals surface area contributed by atoms with E-state index in [-0.39, 0.29) is 5.82 Å². The van der Waals surface area contributed by atoms with Gasteiger partial charge >= 0.3 is 0 Å². The fourth-order valence-corrected chi connectivity index (χ4v) is 1.49. The van der Waals surface area contributed by atoms with Crippen molar-refractivity contribution in [1.82, 2.24) is 0 Å². The highest BCUT2D eigenvalue weighted by atomic mass is 19.1. The first kappa shape index (κ1) is 12.0. The first-order valence-electron chi connectivity index (χ1n) is 5.57. The predicted molar refractivity (Wildman–Crippen MR) is 72.6 cm³/mol. The molecule has 2 aromatic rings. The fourth-order valence-electron chi connectivity index (χ4n) is 1.49. The summed E-state index contributed by atoms with van der Waals surface area (Å²) in [6.07, 6.45) is 3.09. The van der Waals surface area contributed by atoms with Crippen molar-refractivity contribution < 1.29 is 4.39 Å². The molecule has 0 spiro atoms. The molecule has 0 heterocycles. The van der Waals surface area contributed by atoms with Gasteiger partial charge < -0.3 is 5.73 Å². The minimum atomic E-state index is -0.276. The Bertz CT molecular complexity index is 574. The average Bonchev–Trinajstić information content (AvgIpc) is 2.42. The normalized spacial score (nSPS) is 11.9. The van der Waals surface area contributed by atoms with Crippen LogP contribution in [-0.2, 0) is 0 Å². The molecule has 18 heavy (non-hydrogen) atoms. The van der Waals surface area contributed by atoms with Gasteiger partial charge in [-0.3, -0.25) is 0 Å². The summed E-state index contributed by atoms with van der Waals surface area (Å²) in [5.74, 6) is 0.130. The molecule has 0 aromatic heterocycles. The van der Waals surface area contributed by atoms with E-state index in [0.29, 0.717) is 11.4 Å². The maximum absolute atomic E-state index is 13.3. The number of amidine groups is 1. The third-order valence-corrected chi connectivity index (χ3v) is 2.44. The third-order valence-electron chi connectivity index (χ3n) is 2.44. The van der Waals surface area contributed by atoms with E-state index >= 15 is 0 Å². The van der Waals surface area contributed by atoms with Crippen molar-refractivity contribution in [2.45, 2.75) is 0 Å². The van der Waals surface area contributed by atoms with Crippen LogP contribution in [-0.4, -0.2) is 5.84 Å². The van der Waals surface area contributed by atoms with Gasteiger partial charge in [0.15, 0.2) is 0 Å². The second-order valence-corrected chi connectivity index (χ2v) is 3.72. The van der Waals surface area contributed by atoms with Gasteiger partial charge in [-0.15, -0.1) is 0 Å². The molecule has 0 saturated heterocycles. The molecule has 0 radical (unpaired) electrons. The molecule has 0 saturated carbocycles. The topological polar surface area (TPSA) is 38.4 Å². The number of hydrogen-bond donors (Lipinski definition) is 1. The molecule has 2 aromatic carbocycles. The van der Waals surface area contributed by atoms with Gasteiger partial charge in [0, 0.05) is 17.3 Å². The van der Waals surface area contributed by atoms with E-state index in [4.69, 9.17) is 5.73 Å². The molecular formula is C15H13FN2. The molecule has 0 atom stereocenters. The Labute approximate surface area is 105 Å². The number of aliphatic imine (C=N–C) groups is 1. The third kappa shape index (κ3) is 3.04. The van der Waals surface area contributed by atoms with Crippen LogP contribution in [0.1, 0.15) is 11.1 Å². The average molecular weight is 240 g/mol. The lowest BCUT2D eigenvalue weighted by Gasteiger charge is -1.97. The summed E-state index contributed by atoms with van der Waals surface area (Å²) in [4.78, 5) is 4.08. The van der Waals surface area contributed by atoms with Crippen LogP contribution in [0.2, 0.25) is 0 Å². The van der Waals surface area contributed by atoms with Crippen molar-refractivity contribution in [3.05, 3.63) is 77.7 Å². The summed E-state index contributed by atoms with van der Waals surface area (Å²) < 4.78 is 13.3. The number of nitrogens with two attached hydrogens (primary N) is 1. The first-order chi connectivity index (χ1) is 8.77. The summed E-state index contributed by atoms with van der Waals surface area (Å²) in [6.45, 7) is 0. The maximum Gasteiger partial charge on any atom is 0.130 e. The Balaban J connectivity index is 2.14. The fraction of sp³-hybridized carbons (Fsp3) is 0. The molecular weight excluding hydrogens is 227 g/mol. The molecule has 0 amide bonds. The first-order valence-corrected chi connectivity index (χ1v) is 5.57. The van der Waals surface area contributed by atoms with Gasteiger partial charge in [0.2, 0.25) is 0 Å². The van der Waals surface area contributed by atoms with Gasteiger partial charge in [-0.1, -0.05) is 48.5 Å². The van der Waals surface area contributed by atoms with Crippen molar-refractivity contribution in [2.75, 3.05) is 0 Å². The molecule has 0 aliphatic carbocycles. The zero-order chi connectivity index (χ0) is 12.8. The number of rotatable bonds is 3. The lowest BCUT2D eigenvalue weighted by molar-refractivity contribution is 0.625. The van der Waals surface area contributed by atoms with Crippen LogP contribution in [0.3, 0.4) is 0 Å². The maximum atomic E-state index is 13.3. The van der Waals surface area contributed by atoms with Gasteiger partial charge in [-0.2, -0.15) is 0 Å². The Morgan fingerprint density at radius 3 is 2.39 bits per heavy atom. The van der Waals surface area contributed by atoms with Crippen molar-refractivity contribution in [1.29, 1.82) is 0 Å². The summed E-state index contributed by atoms with van der Waals surface area (Å²) in [5.41, 5.74) is 7.13. The van der Waals surface area contributed by atoms with E-state index in [0.717, 1.165) is 5.56 Å². The van der Waals surface area contributed by atoms with Crippen LogP contribution in [0.5, 0.6) is 0 Å². The Kier molecular flexibility index (Phi) is 3.86. The minimum Gasteiger partial charge on any atom is -0.383 e. The number of hydrogen-bond acceptors (Lipinski definition) is 1. The van der Waals surface area contributed by atoms with Gasteiger partial charge in [-0.25, -0.2) is 9.38 Å². The highest BCUT2D eigenvalue weighted by Gasteiger charge is 1.96. The molecule has 2 N–H and O–H groups in total. The van der Waals surface area contributed by atoms with Gasteiger partial charge in [-0.05, 0) is 12.1 Å². The van der Waals surface area contributed by atoms with Crippen molar-refractivity contribution in [3.63, 3.8) is 0 Å². The van der Waals surface area contributed by atoms with Crippen LogP contribution < -0.4 is 5.73 Å². The molecule has 2 rings (SSSR count). The number of nitrogens with zero attached hydrogens (tertiary/aromatic N) is 1. The van der Waals surface area contributed by atoms with Crippen LogP contribution in [0.25, 0.3) is 6.08 Å². The largest absolute Gasteiger partial charge is 0.383 e. The van der Waals surface area contributed by atoms with Crippen LogP contribution in [0, 0.1) is 5.82 Å². The zero-order valence-electron chi connectivity index (χ0n) is 9.75. The predicted octanol–water partition coefficient (Wildman–Crippen LogP) is 3.20. The number of benzene rings is 2. The van der Waals surface area contributed by atoms with Crippen molar-refractivity contribution >= 4 is 11.9 Å². The highest BCUT2D eigenvalue weighted by Crippen LogP contribution is 2.08. The van der Waals surface area contributed by atoms with Crippen LogP contribution in [0.4, 0.5) is 4.39 Å². The second kappa shape index (κ2) is 5.77. The molecule has 0 aliphatic heterocycles. The lowest BCUT2D eigenvalue weighted by atomic mass is 10.2. The van der Waals surface area contributed by atoms with Crippen molar-refractivity contribution in [2.24, 2.45) is 10.7 Å². The summed E-state index contributed by atoms with van der Waals surface area (Å²) in [6, 6.07) is 15.9. The summed E-state index contributed by atoms with van der Waals surface area (Å²) in [7, 11) is 0. The summed E-state index contributed by atoms with van der Waals surface area (Å²) >= 11 is 0. The van der Waals surface area contributed by atoms with Gasteiger partial charge in [0.1, 0.15) is 11.7 Å². The lowest BCUT2D eigenvalue weighted by Crippen LogP contribution is -2.12. The standard InChI is InChI=1S/C15H13FN2/c16-14-9-5-4-6-12(14)10-11-18-15(17)13-7-2-1-3-8-13/h1-11H,(H2,17,18). The zero-order valence-corrected chi connectivity index (χ0v) is 9.75. The molecule has 0 fully saturated rings. The number of halogens is 1. The van der Waals surface area contributed by atoms with E-state index in [2.05, 4.69) is 4.99 Å². The summed E-state index contributed by atoms with van der Waals surface area (Å²) in [5, 5.41) is 0. The smallest absolute Gasteiger partial charge is 0.130 e. The Morgan fingerprint density at radius 2 is 1.67 bits per heavy atom. The second-order valence-electron chi connectivity index (χ2n) is 3.72. The van der Waals surface area contributed by atoms with E-state index in [9.17, 15) is 4.39 Å². The van der Waals surface area contributed by atoms with Crippen molar-refractivity contribution in [3.8, 4) is 0 Å². The molecule has 90 valence electrons. The molecule has 2 nitrogen and oxygen atoms in total. The molecule has 0 bridgehead atoms. The van der Waals surface area contributed by atoms with E-state index in [1.54, 1.807) is 24.3 Å². The Morgan fingerprint density at radius 1 is 1.00 bits per heavy atom. The van der Waals surface area contributed by atoms with Crippen LogP contribution >= 0.6 is 0 Å². The van der Waals surface area contributed by atoms with Crippen LogP contribution in [0.15, 0.2) is 65.8 Å². The molecule has 3 heteroatoms. The molecule has 0 aliphatic rings. The van der Waals surface area contributed by atoms with Gasteiger partial charge in [0.05, 0.1) is 0 Å².